The van der Waals surface area contributed by atoms with Gasteiger partial charge in [0, 0.05) is 20.0 Å². The van der Waals surface area contributed by atoms with Crippen molar-refractivity contribution < 1.29 is 4.52 Å². The second-order valence-electron chi connectivity index (χ2n) is 3.25. The minimum absolute atomic E-state index is 0.662. The van der Waals surface area contributed by atoms with Crippen molar-refractivity contribution >= 4 is 5.95 Å². The zero-order chi connectivity index (χ0) is 10.4. The Morgan fingerprint density at radius 3 is 2.86 bits per heavy atom. The molecular formula is C9H18N4O. The Morgan fingerprint density at radius 2 is 2.21 bits per heavy atom. The predicted octanol–water partition coefficient (Wildman–Crippen LogP) is 0.807. The van der Waals surface area contributed by atoms with E-state index in [1.807, 2.05) is 18.9 Å². The first-order valence-electron chi connectivity index (χ1n) is 5.01. The molecule has 0 bridgehead atoms. The zero-order valence-corrected chi connectivity index (χ0v) is 8.86. The van der Waals surface area contributed by atoms with E-state index in [1.54, 1.807) is 0 Å². The average Bonchev–Trinajstić information content (AvgIpc) is 2.66. The Kier molecular flexibility index (Phi) is 4.39. The summed E-state index contributed by atoms with van der Waals surface area (Å²) in [7, 11) is 1.94. The normalized spacial score (nSPS) is 10.5. The van der Waals surface area contributed by atoms with E-state index in [-0.39, 0.29) is 0 Å². The highest BCUT2D eigenvalue weighted by Gasteiger charge is 2.08. The molecule has 1 aromatic heterocycles. The highest BCUT2D eigenvalue weighted by molar-refractivity contribution is 5.24. The van der Waals surface area contributed by atoms with E-state index in [1.165, 1.54) is 0 Å². The maximum atomic E-state index is 5.39. The molecule has 0 fully saturated rings. The van der Waals surface area contributed by atoms with Gasteiger partial charge in [-0.2, -0.15) is 4.98 Å². The van der Waals surface area contributed by atoms with Crippen molar-refractivity contribution in [1.29, 1.82) is 0 Å². The third-order valence-electron chi connectivity index (χ3n) is 2.12. The lowest BCUT2D eigenvalue weighted by Crippen LogP contribution is -2.17. The van der Waals surface area contributed by atoms with Gasteiger partial charge in [-0.15, -0.1) is 0 Å². The molecule has 0 saturated heterocycles. The highest BCUT2D eigenvalue weighted by atomic mass is 16.5. The molecule has 0 aliphatic rings. The molecule has 80 valence electrons. The molecule has 0 saturated carbocycles. The molecule has 0 aliphatic carbocycles. The molecule has 0 amide bonds. The van der Waals surface area contributed by atoms with Crippen LogP contribution in [0.3, 0.4) is 0 Å². The lowest BCUT2D eigenvalue weighted by molar-refractivity contribution is 0.374. The SMILES string of the molecule is CCN(C)c1noc(CCCCN)n1. The van der Waals surface area contributed by atoms with Gasteiger partial charge in [-0.3, -0.25) is 0 Å². The fraction of sp³-hybridized carbons (Fsp3) is 0.778. The van der Waals surface area contributed by atoms with Crippen molar-refractivity contribution in [2.45, 2.75) is 26.2 Å². The quantitative estimate of drug-likeness (QED) is 0.685. The Bertz CT molecular complexity index is 261. The molecule has 0 radical (unpaired) electrons. The number of hydrogen-bond donors (Lipinski definition) is 1. The van der Waals surface area contributed by atoms with Crippen LogP contribution in [0.1, 0.15) is 25.7 Å². The van der Waals surface area contributed by atoms with Crippen LogP contribution >= 0.6 is 0 Å². The van der Waals surface area contributed by atoms with Gasteiger partial charge in [0.2, 0.25) is 5.89 Å². The Labute approximate surface area is 84.3 Å². The lowest BCUT2D eigenvalue weighted by Gasteiger charge is -2.08. The number of unbranched alkanes of at least 4 members (excludes halogenated alkanes) is 1. The van der Waals surface area contributed by atoms with E-state index < -0.39 is 0 Å². The largest absolute Gasteiger partial charge is 0.342 e. The van der Waals surface area contributed by atoms with Crippen LogP contribution in [-0.2, 0) is 6.42 Å². The van der Waals surface area contributed by atoms with Gasteiger partial charge in [0.25, 0.3) is 5.95 Å². The first-order chi connectivity index (χ1) is 6.77. The summed E-state index contributed by atoms with van der Waals surface area (Å²) in [6, 6.07) is 0. The van der Waals surface area contributed by atoms with Crippen molar-refractivity contribution in [1.82, 2.24) is 10.1 Å². The van der Waals surface area contributed by atoms with Crippen molar-refractivity contribution in [3.63, 3.8) is 0 Å². The van der Waals surface area contributed by atoms with Crippen LogP contribution in [0.15, 0.2) is 4.52 Å². The number of nitrogens with zero attached hydrogens (tertiary/aromatic N) is 3. The van der Waals surface area contributed by atoms with E-state index in [0.29, 0.717) is 11.8 Å². The van der Waals surface area contributed by atoms with Crippen molar-refractivity contribution in [3.8, 4) is 0 Å². The number of rotatable bonds is 6. The number of hydrogen-bond acceptors (Lipinski definition) is 5. The molecule has 0 unspecified atom stereocenters. The van der Waals surface area contributed by atoms with Crippen LogP contribution in [-0.4, -0.2) is 30.3 Å². The van der Waals surface area contributed by atoms with Gasteiger partial charge in [0.1, 0.15) is 0 Å². The number of aryl methyl sites for hydroxylation is 1. The van der Waals surface area contributed by atoms with Gasteiger partial charge in [-0.1, -0.05) is 0 Å². The zero-order valence-electron chi connectivity index (χ0n) is 8.86. The second-order valence-corrected chi connectivity index (χ2v) is 3.25. The predicted molar refractivity (Wildman–Crippen MR) is 55.2 cm³/mol. The molecule has 1 heterocycles. The Hall–Kier alpha value is -1.10. The highest BCUT2D eigenvalue weighted by Crippen LogP contribution is 2.08. The van der Waals surface area contributed by atoms with Crippen LogP contribution in [0.25, 0.3) is 0 Å². The Balaban J connectivity index is 2.42. The molecule has 1 rings (SSSR count). The summed E-state index contributed by atoms with van der Waals surface area (Å²) in [5, 5.41) is 3.87. The third-order valence-corrected chi connectivity index (χ3v) is 2.12. The summed E-state index contributed by atoms with van der Waals surface area (Å²) in [6.45, 7) is 3.64. The monoisotopic (exact) mass is 198 g/mol. The maximum absolute atomic E-state index is 5.39. The molecule has 1 aromatic rings. The van der Waals surface area contributed by atoms with E-state index in [9.17, 15) is 0 Å². The minimum Gasteiger partial charge on any atom is -0.342 e. The van der Waals surface area contributed by atoms with E-state index in [2.05, 4.69) is 10.1 Å². The average molecular weight is 198 g/mol. The third kappa shape index (κ3) is 2.99. The van der Waals surface area contributed by atoms with Crippen LogP contribution in [0.5, 0.6) is 0 Å². The van der Waals surface area contributed by atoms with E-state index in [0.717, 1.165) is 32.4 Å². The summed E-state index contributed by atoms with van der Waals surface area (Å²) in [5.41, 5.74) is 5.39. The lowest BCUT2D eigenvalue weighted by atomic mass is 10.2. The summed E-state index contributed by atoms with van der Waals surface area (Å²) < 4.78 is 5.09. The van der Waals surface area contributed by atoms with Gasteiger partial charge in [-0.05, 0) is 31.5 Å². The van der Waals surface area contributed by atoms with Gasteiger partial charge in [-0.25, -0.2) is 0 Å². The van der Waals surface area contributed by atoms with Gasteiger partial charge in [0.05, 0.1) is 0 Å². The molecule has 0 aromatic carbocycles. The first-order valence-corrected chi connectivity index (χ1v) is 5.01. The number of nitrogens with two attached hydrogens (primary N) is 1. The minimum atomic E-state index is 0.662. The van der Waals surface area contributed by atoms with Crippen LogP contribution in [0.2, 0.25) is 0 Å². The van der Waals surface area contributed by atoms with E-state index in [4.69, 9.17) is 10.3 Å². The molecular weight excluding hydrogens is 180 g/mol. The van der Waals surface area contributed by atoms with E-state index >= 15 is 0 Å². The molecule has 5 heteroatoms. The molecule has 0 aliphatic heterocycles. The molecule has 0 atom stereocenters. The summed E-state index contributed by atoms with van der Waals surface area (Å²) in [4.78, 5) is 6.20. The molecule has 2 N–H and O–H groups in total. The van der Waals surface area contributed by atoms with Gasteiger partial charge >= 0.3 is 0 Å². The fourth-order valence-corrected chi connectivity index (χ4v) is 1.06. The molecule has 14 heavy (non-hydrogen) atoms. The maximum Gasteiger partial charge on any atom is 0.265 e. The van der Waals surface area contributed by atoms with Crippen molar-refractivity contribution in [2.24, 2.45) is 5.73 Å². The fourth-order valence-electron chi connectivity index (χ4n) is 1.06. The summed E-state index contributed by atoms with van der Waals surface area (Å²) in [5.74, 6) is 1.36. The van der Waals surface area contributed by atoms with Crippen molar-refractivity contribution in [2.75, 3.05) is 25.0 Å². The van der Waals surface area contributed by atoms with Gasteiger partial charge in [0.15, 0.2) is 0 Å². The molecule has 5 nitrogen and oxygen atoms in total. The molecule has 0 spiro atoms. The summed E-state index contributed by atoms with van der Waals surface area (Å²) >= 11 is 0. The van der Waals surface area contributed by atoms with Crippen LogP contribution in [0, 0.1) is 0 Å². The second kappa shape index (κ2) is 5.59. The topological polar surface area (TPSA) is 68.2 Å². The van der Waals surface area contributed by atoms with Crippen molar-refractivity contribution in [3.05, 3.63) is 5.89 Å². The first kappa shape index (κ1) is 11.0. The smallest absolute Gasteiger partial charge is 0.265 e. The number of anilines is 1. The standard InChI is InChI=1S/C9H18N4O/c1-3-13(2)9-11-8(14-12-9)6-4-5-7-10/h3-7,10H2,1-2H3. The van der Waals surface area contributed by atoms with Crippen LogP contribution in [0.4, 0.5) is 5.95 Å². The van der Waals surface area contributed by atoms with Crippen LogP contribution < -0.4 is 10.6 Å². The summed E-state index contributed by atoms with van der Waals surface area (Å²) in [6.07, 6.45) is 2.83. The van der Waals surface area contributed by atoms with Gasteiger partial charge < -0.3 is 15.2 Å². The Morgan fingerprint density at radius 1 is 1.43 bits per heavy atom. The number of aromatic nitrogens is 2.